The lowest BCUT2D eigenvalue weighted by atomic mass is 9.96. The highest BCUT2D eigenvalue weighted by Crippen LogP contribution is 2.31. The zero-order chi connectivity index (χ0) is 50.0. The molecule has 5 aromatic rings. The maximum Gasteiger partial charge on any atom is 0.410 e. The lowest BCUT2D eigenvalue weighted by molar-refractivity contribution is -0.283. The van der Waals surface area contributed by atoms with Gasteiger partial charge < -0.3 is 49.1 Å². The number of unbranched alkanes of at least 4 members (excludes halogenated alkanes) is 3. The van der Waals surface area contributed by atoms with Crippen molar-refractivity contribution in [2.45, 2.75) is 89.1 Å². The van der Waals surface area contributed by atoms with Gasteiger partial charge in [-0.2, -0.15) is 0 Å². The molecule has 1 unspecified atom stereocenters. The Morgan fingerprint density at radius 3 is 1.70 bits per heavy atom. The van der Waals surface area contributed by atoms with E-state index in [0.29, 0.717) is 75.0 Å². The maximum atomic E-state index is 13.2. The quantitative estimate of drug-likeness (QED) is 0.0149. The summed E-state index contributed by atoms with van der Waals surface area (Å²) in [5.41, 5.74) is 14.3. The summed E-state index contributed by atoms with van der Waals surface area (Å²) in [4.78, 5) is 55.5. The van der Waals surface area contributed by atoms with Gasteiger partial charge in [0.05, 0.1) is 32.5 Å². The second-order valence-corrected chi connectivity index (χ2v) is 16.8. The molecule has 6 rings (SSSR count). The summed E-state index contributed by atoms with van der Waals surface area (Å²) in [5, 5.41) is 20.3. The van der Waals surface area contributed by atoms with Crippen molar-refractivity contribution >= 4 is 23.9 Å². The minimum atomic E-state index is -0.997. The van der Waals surface area contributed by atoms with Crippen LogP contribution in [-0.4, -0.2) is 104 Å². The Balaban J connectivity index is 0.893. The van der Waals surface area contributed by atoms with Gasteiger partial charge in [0.2, 0.25) is 0 Å². The van der Waals surface area contributed by atoms with Crippen LogP contribution in [0, 0.1) is 0 Å². The molecular formula is C54H62N6O11. The first kappa shape index (κ1) is 53.2. The number of carbonyl (C=O) groups is 4. The summed E-state index contributed by atoms with van der Waals surface area (Å²) in [7, 11) is 1.32. The largest absolute Gasteiger partial charge is 0.465 e. The third-order valence-electron chi connectivity index (χ3n) is 11.7. The fourth-order valence-electron chi connectivity index (χ4n) is 7.83. The minimum absolute atomic E-state index is 0.0368. The average Bonchev–Trinajstić information content (AvgIpc) is 3.41. The van der Waals surface area contributed by atoms with E-state index in [2.05, 4.69) is 20.7 Å². The highest BCUT2D eigenvalue weighted by molar-refractivity contribution is 5.97. The van der Waals surface area contributed by atoms with Crippen LogP contribution in [0.4, 0.5) is 4.79 Å². The van der Waals surface area contributed by atoms with Crippen LogP contribution >= 0.6 is 0 Å². The summed E-state index contributed by atoms with van der Waals surface area (Å²) in [5.74, 6) is -0.990. The molecular weight excluding hydrogens is 909 g/mol. The number of nitrogens with one attached hydrogen (secondary N) is 2. The zero-order valence-electron chi connectivity index (χ0n) is 39.9. The van der Waals surface area contributed by atoms with E-state index in [1.165, 1.54) is 7.11 Å². The molecule has 0 bridgehead atoms. The molecule has 1 saturated heterocycles. The Hall–Kier alpha value is -7.11. The predicted molar refractivity (Wildman–Crippen MR) is 264 cm³/mol. The van der Waals surface area contributed by atoms with Crippen molar-refractivity contribution in [1.29, 1.82) is 0 Å². The van der Waals surface area contributed by atoms with Crippen molar-refractivity contribution in [2.75, 3.05) is 40.0 Å². The van der Waals surface area contributed by atoms with Crippen molar-refractivity contribution in [3.05, 3.63) is 189 Å². The molecule has 0 radical (unpaired) electrons. The number of methoxy groups -OCH3 is 1. The molecule has 71 heavy (non-hydrogen) atoms. The number of aliphatic hydroxyl groups is 1. The monoisotopic (exact) mass is 970 g/mol. The molecule has 3 N–H and O–H groups in total. The van der Waals surface area contributed by atoms with Gasteiger partial charge in [-0.05, 0) is 96.3 Å². The van der Waals surface area contributed by atoms with Crippen LogP contribution in [0.1, 0.15) is 85.4 Å². The molecule has 374 valence electrons. The van der Waals surface area contributed by atoms with Crippen LogP contribution in [0.15, 0.2) is 145 Å². The fraction of sp³-hybridized carbons (Fsp3) is 0.370. The number of hydrogen-bond donors (Lipinski definition) is 3. The second-order valence-electron chi connectivity index (χ2n) is 16.8. The van der Waals surface area contributed by atoms with Crippen LogP contribution in [0.2, 0.25) is 0 Å². The van der Waals surface area contributed by atoms with Gasteiger partial charge in [-0.3, -0.25) is 9.59 Å². The third kappa shape index (κ3) is 17.1. The van der Waals surface area contributed by atoms with Crippen LogP contribution in [-0.2, 0) is 54.8 Å². The molecule has 1 aliphatic heterocycles. The molecule has 1 fully saturated rings. The number of azide groups is 1. The summed E-state index contributed by atoms with van der Waals surface area (Å²) in [6.07, 6.45) is -0.627. The first-order chi connectivity index (χ1) is 34.8. The number of aliphatic hydroxyl groups excluding tert-OH is 1. The van der Waals surface area contributed by atoms with Crippen LogP contribution in [0.5, 0.6) is 0 Å². The van der Waals surface area contributed by atoms with E-state index < -0.39 is 42.7 Å². The van der Waals surface area contributed by atoms with E-state index >= 15 is 0 Å². The highest BCUT2D eigenvalue weighted by atomic mass is 16.7. The van der Waals surface area contributed by atoms with Gasteiger partial charge in [0.25, 0.3) is 11.8 Å². The summed E-state index contributed by atoms with van der Waals surface area (Å²) in [6.45, 7) is 1.93. The first-order valence-corrected chi connectivity index (χ1v) is 23.8. The smallest absolute Gasteiger partial charge is 0.410 e. The number of ether oxygens (including phenoxy) is 6. The number of carbonyl (C=O) groups excluding carboxylic acids is 4. The molecule has 5 atom stereocenters. The SMILES string of the molecule is COC(=O)c1ccc(COC(=O)N(CCCCNC(=O)c2ccc(C(=O)NCCCCCOC3O[C@H](CO)[C@@H](OCc4ccccc4)[C@H](OCc4ccccc4)[C@H]3N=[N+]=[N-])cc2)Cc2ccccc2)cc1. The normalized spacial score (nSPS) is 17.3. The lowest BCUT2D eigenvalue weighted by Crippen LogP contribution is -2.60. The summed E-state index contributed by atoms with van der Waals surface area (Å²) in [6, 6.07) is 40.9. The third-order valence-corrected chi connectivity index (χ3v) is 11.7. The van der Waals surface area contributed by atoms with Crippen molar-refractivity contribution < 1.29 is 52.7 Å². The predicted octanol–water partition coefficient (Wildman–Crippen LogP) is 8.31. The zero-order valence-corrected chi connectivity index (χ0v) is 39.9. The Kier molecular flexibility index (Phi) is 21.9. The lowest BCUT2D eigenvalue weighted by Gasteiger charge is -2.44. The van der Waals surface area contributed by atoms with Crippen molar-refractivity contribution in [3.63, 3.8) is 0 Å². The fourth-order valence-corrected chi connectivity index (χ4v) is 7.83. The maximum absolute atomic E-state index is 13.2. The van der Waals surface area contributed by atoms with Crippen molar-refractivity contribution in [1.82, 2.24) is 15.5 Å². The Labute approximate surface area is 414 Å². The molecule has 17 heteroatoms. The molecule has 0 aliphatic carbocycles. The summed E-state index contributed by atoms with van der Waals surface area (Å²) >= 11 is 0. The Bertz CT molecular complexity index is 2440. The standard InChI is InChI=1S/C54H62N6O11/c1-66-52(64)45-24-22-42(23-25-45)38-70-54(65)60(34-39-16-6-2-7-17-39)32-14-13-31-57-51(63)44-28-26-43(27-29-44)50(62)56-30-12-5-15-33-67-53-47(58-59-55)49(69-37-41-20-10-4-11-21-41)48(46(35-61)71-53)68-36-40-18-8-3-9-19-40/h2-4,6-11,16-29,46-49,53,61H,5,12-15,30-38H2,1H3,(H,56,62)(H,57,63)/t46-,47-,48-,49-,53?/m1/s1. The molecule has 3 amide bonds. The van der Waals surface area contributed by atoms with Gasteiger partial charge in [-0.25, -0.2) is 9.59 Å². The van der Waals surface area contributed by atoms with Gasteiger partial charge in [-0.1, -0.05) is 108 Å². The molecule has 1 aliphatic rings. The van der Waals surface area contributed by atoms with E-state index in [-0.39, 0.29) is 44.8 Å². The number of esters is 1. The van der Waals surface area contributed by atoms with E-state index in [4.69, 9.17) is 28.4 Å². The number of benzene rings is 5. The number of amides is 3. The average molecular weight is 971 g/mol. The van der Waals surface area contributed by atoms with Gasteiger partial charge in [0.1, 0.15) is 31.0 Å². The number of rotatable bonds is 27. The molecule has 17 nitrogen and oxygen atoms in total. The van der Waals surface area contributed by atoms with Crippen LogP contribution in [0.25, 0.3) is 10.4 Å². The molecule has 0 spiro atoms. The van der Waals surface area contributed by atoms with E-state index in [1.54, 1.807) is 53.4 Å². The van der Waals surface area contributed by atoms with Crippen LogP contribution < -0.4 is 10.6 Å². The minimum Gasteiger partial charge on any atom is -0.465 e. The van der Waals surface area contributed by atoms with Gasteiger partial charge >= 0.3 is 12.1 Å². The molecule has 0 aromatic heterocycles. The Morgan fingerprint density at radius 2 is 1.15 bits per heavy atom. The van der Waals surface area contributed by atoms with Gasteiger partial charge in [0, 0.05) is 48.8 Å². The highest BCUT2D eigenvalue weighted by Gasteiger charge is 2.47. The van der Waals surface area contributed by atoms with E-state index in [1.807, 2.05) is 91.0 Å². The second kappa shape index (κ2) is 29.2. The number of nitrogens with zero attached hydrogens (tertiary/aromatic N) is 4. The molecule has 0 saturated carbocycles. The van der Waals surface area contributed by atoms with Crippen molar-refractivity contribution in [2.24, 2.45) is 5.11 Å². The first-order valence-electron chi connectivity index (χ1n) is 23.8. The number of hydrogen-bond acceptors (Lipinski definition) is 12. The van der Waals surface area contributed by atoms with Gasteiger partial charge in [0.15, 0.2) is 6.29 Å². The van der Waals surface area contributed by atoms with Crippen LogP contribution in [0.3, 0.4) is 0 Å². The van der Waals surface area contributed by atoms with Crippen molar-refractivity contribution in [3.8, 4) is 0 Å². The van der Waals surface area contributed by atoms with Gasteiger partial charge in [-0.15, -0.1) is 0 Å². The topological polar surface area (TPSA) is 220 Å². The summed E-state index contributed by atoms with van der Waals surface area (Å²) < 4.78 is 35.3. The molecule has 1 heterocycles. The Morgan fingerprint density at radius 1 is 0.634 bits per heavy atom. The van der Waals surface area contributed by atoms with E-state index in [0.717, 1.165) is 22.3 Å². The molecule has 5 aromatic carbocycles. The van der Waals surface area contributed by atoms with E-state index in [9.17, 15) is 29.8 Å².